The van der Waals surface area contributed by atoms with Crippen LogP contribution in [0.5, 0.6) is 0 Å². The fourth-order valence-corrected chi connectivity index (χ4v) is 6.92. The highest BCUT2D eigenvalue weighted by Crippen LogP contribution is 2.34. The Bertz CT molecular complexity index is 2790. The van der Waals surface area contributed by atoms with E-state index in [-0.39, 0.29) is 46.5 Å². The molecular weight excluding hydrogens is 901 g/mol. The van der Waals surface area contributed by atoms with Crippen molar-refractivity contribution < 1.29 is 26.7 Å². The topological polar surface area (TPSA) is 333 Å². The highest BCUT2D eigenvalue weighted by Gasteiger charge is 2.23. The number of rotatable bonds is 13. The number of halogens is 1. The second kappa shape index (κ2) is 20.7. The average molecular weight is 936 g/mol. The van der Waals surface area contributed by atoms with Crippen molar-refractivity contribution in [1.29, 1.82) is 5.26 Å². The summed E-state index contributed by atoms with van der Waals surface area (Å²) in [4.78, 5) is 40.2. The number of nitrogens with two attached hydrogens (primary N) is 2. The number of pyridine rings is 4. The second-order valence-electron chi connectivity index (χ2n) is 12.9. The van der Waals surface area contributed by atoms with Crippen LogP contribution < -0.4 is 11.5 Å². The molecule has 0 bridgehead atoms. The zero-order chi connectivity index (χ0) is 44.9. The monoisotopic (exact) mass is 934 g/mol. The maximum atomic E-state index is 11.3. The van der Waals surface area contributed by atoms with Gasteiger partial charge in [0, 0.05) is 67.2 Å². The fourth-order valence-electron chi connectivity index (χ4n) is 5.37. The summed E-state index contributed by atoms with van der Waals surface area (Å²) >= 11 is 3.20. The summed E-state index contributed by atoms with van der Waals surface area (Å²) in [6.07, 6.45) is 14.7. The number of hydrogen-bond donors (Lipinski definition) is 3. The maximum absolute atomic E-state index is 11.3. The van der Waals surface area contributed by atoms with Crippen molar-refractivity contribution in [3.63, 3.8) is 0 Å². The van der Waals surface area contributed by atoms with E-state index in [0.29, 0.717) is 39.1 Å². The molecule has 61 heavy (non-hydrogen) atoms. The van der Waals surface area contributed by atoms with E-state index in [1.165, 1.54) is 54.1 Å². The number of nitrogens with one attached hydrogen (secondary N) is 1. The van der Waals surface area contributed by atoms with Gasteiger partial charge in [0.25, 0.3) is 6.04 Å². The zero-order valence-electron chi connectivity index (χ0n) is 32.1. The Balaban J connectivity index is 0.000000222. The average Bonchev–Trinajstić information content (AvgIpc) is 3.93. The number of H-pyrrole nitrogens is 1. The minimum Gasteiger partial charge on any atom is -0.378 e. The summed E-state index contributed by atoms with van der Waals surface area (Å²) in [5.74, 6) is -0.345. The van der Waals surface area contributed by atoms with E-state index in [1.807, 2.05) is 0 Å². The molecular formula is C36H35BrN14O8S2. The molecule has 0 saturated carbocycles. The summed E-state index contributed by atoms with van der Waals surface area (Å²) in [5.41, 5.74) is 13.7. The van der Waals surface area contributed by atoms with Crippen molar-refractivity contribution in [2.75, 3.05) is 35.5 Å². The normalized spacial score (nSPS) is 12.0. The molecule has 0 fully saturated rings. The molecule has 0 aliphatic carbocycles. The first-order valence-electron chi connectivity index (χ1n) is 17.3. The van der Waals surface area contributed by atoms with Gasteiger partial charge in [-0.05, 0) is 58.2 Å². The lowest BCUT2D eigenvalue weighted by Gasteiger charge is -2.07. The van der Waals surface area contributed by atoms with E-state index < -0.39 is 41.5 Å². The smallest absolute Gasteiger partial charge is 0.319 e. The number of sulfone groups is 2. The summed E-state index contributed by atoms with van der Waals surface area (Å²) in [5, 5.41) is 41.6. The molecule has 0 amide bonds. The predicted molar refractivity (Wildman–Crippen MR) is 227 cm³/mol. The number of hydrogen-bond acceptors (Lipinski definition) is 17. The van der Waals surface area contributed by atoms with Crippen LogP contribution in [0.25, 0.3) is 32.9 Å². The van der Waals surface area contributed by atoms with Crippen LogP contribution in [0.15, 0.2) is 90.6 Å². The molecule has 2 atom stereocenters. The zero-order valence-corrected chi connectivity index (χ0v) is 35.3. The molecule has 22 nitrogen and oxygen atoms in total. The summed E-state index contributed by atoms with van der Waals surface area (Å²) in [6, 6.07) is 11.3. The van der Waals surface area contributed by atoms with Gasteiger partial charge in [0.15, 0.2) is 5.82 Å². The van der Waals surface area contributed by atoms with E-state index >= 15 is 0 Å². The molecule has 6 aromatic heterocycles. The van der Waals surface area contributed by atoms with Gasteiger partial charge in [0.1, 0.15) is 24.3 Å². The Labute approximate surface area is 356 Å². The van der Waals surface area contributed by atoms with Crippen LogP contribution in [-0.4, -0.2) is 90.6 Å². The standard InChI is InChI=1S/C18H17N7O4S.C10H11BrN2O2S.C8H7N5O2/c1-20-15(6-8-30(2,28)29)12-3-4-16(22-9-12)24-11-13(10-23-24)14-5-7-21-18(19)17(14)25(26)27;1-16(14,15)5-4-8(6-12)9-2-3-10(11)13-7-9;9-8-7(13(14)15)6(1-2-10-8)5-3-11-12-4-5/h3-5,7,9-11,15H,6,8H2,2H3,(H2,19,21);2-3,7-8H,4-5H2,1H3;1-4H,(H2,9,10)(H,11,12). The lowest BCUT2D eigenvalue weighted by atomic mass is 10.0. The number of aromatic nitrogens is 8. The van der Waals surface area contributed by atoms with Crippen LogP contribution in [0, 0.1) is 38.1 Å². The SMILES string of the molecule is CS(=O)(=O)CCC(C#N)c1ccc(Br)nc1.Nc1nccc(-c2cn[nH]c2)c1[N+](=O)[O-].[C-]#[N+]C(CCS(C)(=O)=O)c1ccc(-n2cc(-c3ccnc(N)c3[N+](=O)[O-])cn2)nc1. The number of anilines is 2. The fraction of sp³-hybridized carbons (Fsp3) is 0.222. The number of aromatic amines is 1. The second-order valence-corrected chi connectivity index (χ2v) is 18.2. The van der Waals surface area contributed by atoms with Crippen molar-refractivity contribution in [3.8, 4) is 34.1 Å². The Kier molecular flexibility index (Phi) is 15.7. The lowest BCUT2D eigenvalue weighted by molar-refractivity contribution is -0.383. The van der Waals surface area contributed by atoms with Gasteiger partial charge < -0.3 is 16.3 Å². The van der Waals surface area contributed by atoms with E-state index in [0.717, 1.165) is 11.8 Å². The van der Waals surface area contributed by atoms with Crippen molar-refractivity contribution in [3.05, 3.63) is 133 Å². The third kappa shape index (κ3) is 13.4. The van der Waals surface area contributed by atoms with Crippen LogP contribution >= 0.6 is 15.9 Å². The Morgan fingerprint density at radius 2 is 1.41 bits per heavy atom. The summed E-state index contributed by atoms with van der Waals surface area (Å²) in [6.45, 7) is 7.31. The molecule has 25 heteroatoms. The minimum atomic E-state index is -3.16. The van der Waals surface area contributed by atoms with Crippen molar-refractivity contribution >= 4 is 58.6 Å². The first kappa shape index (κ1) is 46.5. The van der Waals surface area contributed by atoms with Gasteiger partial charge in [-0.25, -0.2) is 48.0 Å². The van der Waals surface area contributed by atoms with Crippen LogP contribution in [0.2, 0.25) is 0 Å². The third-order valence-electron chi connectivity index (χ3n) is 8.37. The number of nitriles is 1. The Morgan fingerprint density at radius 3 is 1.89 bits per heavy atom. The Morgan fingerprint density at radius 1 is 0.836 bits per heavy atom. The third-order valence-corrected chi connectivity index (χ3v) is 10.8. The molecule has 2 unspecified atom stereocenters. The van der Waals surface area contributed by atoms with Gasteiger partial charge in [-0.15, -0.1) is 0 Å². The quantitative estimate of drug-likeness (QED) is 0.0589. The molecule has 0 saturated heterocycles. The molecule has 0 spiro atoms. The number of nitrogens with zero attached hydrogens (tertiary/aromatic N) is 11. The van der Waals surface area contributed by atoms with Gasteiger partial charge in [-0.3, -0.25) is 25.3 Å². The van der Waals surface area contributed by atoms with Crippen molar-refractivity contribution in [1.82, 2.24) is 39.9 Å². The first-order valence-corrected chi connectivity index (χ1v) is 22.2. The number of nitrogen functional groups attached to an aromatic ring is 2. The van der Waals surface area contributed by atoms with Gasteiger partial charge in [0.2, 0.25) is 11.6 Å². The van der Waals surface area contributed by atoms with Crippen molar-refractivity contribution in [2.24, 2.45) is 0 Å². The lowest BCUT2D eigenvalue weighted by Crippen LogP contribution is -2.07. The molecule has 6 rings (SSSR count). The largest absolute Gasteiger partial charge is 0.378 e. The van der Waals surface area contributed by atoms with E-state index in [9.17, 15) is 37.1 Å². The highest BCUT2D eigenvalue weighted by atomic mass is 79.9. The molecule has 5 N–H and O–H groups in total. The van der Waals surface area contributed by atoms with Gasteiger partial charge in [-0.2, -0.15) is 15.5 Å². The number of nitro groups is 2. The van der Waals surface area contributed by atoms with Crippen LogP contribution in [-0.2, 0) is 19.7 Å². The summed E-state index contributed by atoms with van der Waals surface area (Å²) in [7, 11) is -6.19. The molecule has 0 aliphatic heterocycles. The van der Waals surface area contributed by atoms with E-state index in [1.54, 1.807) is 42.9 Å². The predicted octanol–water partition coefficient (Wildman–Crippen LogP) is 5.06. The van der Waals surface area contributed by atoms with Crippen LogP contribution in [0.4, 0.5) is 23.0 Å². The van der Waals surface area contributed by atoms with Crippen molar-refractivity contribution in [2.45, 2.75) is 24.8 Å². The summed E-state index contributed by atoms with van der Waals surface area (Å²) < 4.78 is 46.8. The van der Waals surface area contributed by atoms with E-state index in [2.05, 4.69) is 62.1 Å². The first-order chi connectivity index (χ1) is 28.8. The van der Waals surface area contributed by atoms with Crippen LogP contribution in [0.3, 0.4) is 0 Å². The van der Waals surface area contributed by atoms with Gasteiger partial charge >= 0.3 is 11.4 Å². The molecule has 0 aliphatic rings. The van der Waals surface area contributed by atoms with Crippen LogP contribution in [0.1, 0.15) is 35.9 Å². The molecule has 0 radical (unpaired) electrons. The molecule has 6 aromatic rings. The maximum Gasteiger partial charge on any atom is 0.319 e. The molecule has 6 heterocycles. The Hall–Kier alpha value is -7.22. The highest BCUT2D eigenvalue weighted by molar-refractivity contribution is 9.10. The molecule has 0 aromatic carbocycles. The minimum absolute atomic E-state index is 0.0152. The van der Waals surface area contributed by atoms with E-state index in [4.69, 9.17) is 23.3 Å². The molecule has 316 valence electrons. The van der Waals surface area contributed by atoms with Gasteiger partial charge in [0.05, 0.1) is 62.4 Å². The van der Waals surface area contributed by atoms with Gasteiger partial charge in [-0.1, -0.05) is 6.07 Å².